The lowest BCUT2D eigenvalue weighted by molar-refractivity contribution is 0.194. The molecule has 1 N–H and O–H groups in total. The van der Waals surface area contributed by atoms with Crippen molar-refractivity contribution in [2.24, 2.45) is 0 Å². The van der Waals surface area contributed by atoms with E-state index in [0.717, 1.165) is 11.8 Å². The third-order valence-electron chi connectivity index (χ3n) is 4.37. The highest BCUT2D eigenvalue weighted by Gasteiger charge is 2.18. The first-order valence-electron chi connectivity index (χ1n) is 8.15. The maximum Gasteiger partial charge on any atom is 0.317 e. The molecule has 2 rings (SSSR count). The highest BCUT2D eigenvalue weighted by atomic mass is 32.2. The summed E-state index contributed by atoms with van der Waals surface area (Å²) in [5.41, 5.74) is 2.06. The standard InChI is InChI=1S/C19H23FN2O3S/c1-13-5-6-15(11-18(13)20)12-21-19(23)22(3)14(2)16-7-9-17(10-8-16)26(4,24)25/h5-11,14H,12H2,1-4H3,(H,21,23)/t14-/m1/s1. The molecule has 0 spiro atoms. The van der Waals surface area contributed by atoms with Gasteiger partial charge in [0.2, 0.25) is 0 Å². The second-order valence-corrected chi connectivity index (χ2v) is 8.39. The first kappa shape index (κ1) is 19.9. The minimum Gasteiger partial charge on any atom is -0.334 e. The number of hydrogen-bond acceptors (Lipinski definition) is 3. The van der Waals surface area contributed by atoms with Gasteiger partial charge in [0.05, 0.1) is 10.9 Å². The van der Waals surface area contributed by atoms with E-state index in [9.17, 15) is 17.6 Å². The molecule has 0 saturated heterocycles. The Morgan fingerprint density at radius 3 is 2.35 bits per heavy atom. The van der Waals surface area contributed by atoms with E-state index in [4.69, 9.17) is 0 Å². The van der Waals surface area contributed by atoms with Gasteiger partial charge in [0.1, 0.15) is 5.82 Å². The lowest BCUT2D eigenvalue weighted by atomic mass is 10.1. The van der Waals surface area contributed by atoms with Crippen LogP contribution in [0, 0.1) is 12.7 Å². The number of carbonyl (C=O) groups excluding carboxylic acids is 1. The minimum atomic E-state index is -3.25. The Labute approximate surface area is 153 Å². The Bertz CT molecular complexity index is 896. The summed E-state index contributed by atoms with van der Waals surface area (Å²) < 4.78 is 36.6. The van der Waals surface area contributed by atoms with Crippen molar-refractivity contribution in [2.75, 3.05) is 13.3 Å². The fourth-order valence-corrected chi connectivity index (χ4v) is 3.07. The van der Waals surface area contributed by atoms with Crippen LogP contribution in [0.5, 0.6) is 0 Å². The van der Waals surface area contributed by atoms with Crippen LogP contribution in [-0.4, -0.2) is 32.7 Å². The largest absolute Gasteiger partial charge is 0.334 e. The van der Waals surface area contributed by atoms with Crippen LogP contribution in [-0.2, 0) is 16.4 Å². The quantitative estimate of drug-likeness (QED) is 0.867. The molecule has 0 radical (unpaired) electrons. The Kier molecular flexibility index (Phi) is 6.02. The summed E-state index contributed by atoms with van der Waals surface area (Å²) in [6, 6.07) is 10.7. The van der Waals surface area contributed by atoms with Gasteiger partial charge in [0, 0.05) is 19.8 Å². The van der Waals surface area contributed by atoms with Gasteiger partial charge < -0.3 is 10.2 Å². The molecular weight excluding hydrogens is 355 g/mol. The van der Waals surface area contributed by atoms with E-state index < -0.39 is 9.84 Å². The van der Waals surface area contributed by atoms with Crippen molar-refractivity contribution in [3.8, 4) is 0 Å². The number of urea groups is 1. The van der Waals surface area contributed by atoms with Gasteiger partial charge in [-0.2, -0.15) is 0 Å². The molecule has 1 atom stereocenters. The smallest absolute Gasteiger partial charge is 0.317 e. The predicted molar refractivity (Wildman–Crippen MR) is 99.1 cm³/mol. The van der Waals surface area contributed by atoms with E-state index in [0.29, 0.717) is 11.1 Å². The van der Waals surface area contributed by atoms with Crippen LogP contribution in [0.4, 0.5) is 9.18 Å². The molecule has 2 aromatic rings. The second kappa shape index (κ2) is 7.86. The van der Waals surface area contributed by atoms with Gasteiger partial charge in [-0.1, -0.05) is 24.3 Å². The predicted octanol–water partition coefficient (Wildman–Crippen LogP) is 3.44. The number of sulfone groups is 1. The van der Waals surface area contributed by atoms with Crippen molar-refractivity contribution in [1.82, 2.24) is 10.2 Å². The minimum absolute atomic E-state index is 0.222. The Balaban J connectivity index is 2.01. The number of amides is 2. The van der Waals surface area contributed by atoms with Crippen molar-refractivity contribution in [3.05, 3.63) is 65.0 Å². The van der Waals surface area contributed by atoms with Crippen LogP contribution >= 0.6 is 0 Å². The SMILES string of the molecule is Cc1ccc(CNC(=O)N(C)[C@H](C)c2ccc(S(C)(=O)=O)cc2)cc1F. The van der Waals surface area contributed by atoms with Crippen molar-refractivity contribution >= 4 is 15.9 Å². The average molecular weight is 378 g/mol. The average Bonchev–Trinajstić information content (AvgIpc) is 2.60. The summed E-state index contributed by atoms with van der Waals surface area (Å²) in [6.07, 6.45) is 1.15. The summed E-state index contributed by atoms with van der Waals surface area (Å²) in [6.45, 7) is 3.75. The molecule has 7 heteroatoms. The number of benzene rings is 2. The Hall–Kier alpha value is -2.41. The van der Waals surface area contributed by atoms with Gasteiger partial charge in [-0.05, 0) is 48.7 Å². The third kappa shape index (κ3) is 4.82. The van der Waals surface area contributed by atoms with Crippen molar-refractivity contribution in [1.29, 1.82) is 0 Å². The van der Waals surface area contributed by atoms with E-state index >= 15 is 0 Å². The zero-order chi connectivity index (χ0) is 19.5. The number of nitrogens with zero attached hydrogens (tertiary/aromatic N) is 1. The van der Waals surface area contributed by atoms with Crippen LogP contribution in [0.3, 0.4) is 0 Å². The second-order valence-electron chi connectivity index (χ2n) is 6.37. The van der Waals surface area contributed by atoms with Crippen LogP contribution < -0.4 is 5.32 Å². The molecule has 0 aromatic heterocycles. The Morgan fingerprint density at radius 1 is 1.19 bits per heavy atom. The zero-order valence-corrected chi connectivity index (χ0v) is 16.1. The zero-order valence-electron chi connectivity index (χ0n) is 15.3. The summed E-state index contributed by atoms with van der Waals surface area (Å²) >= 11 is 0. The monoisotopic (exact) mass is 378 g/mol. The van der Waals surface area contributed by atoms with E-state index in [1.54, 1.807) is 38.2 Å². The van der Waals surface area contributed by atoms with Gasteiger partial charge in [0.15, 0.2) is 9.84 Å². The van der Waals surface area contributed by atoms with Crippen LogP contribution in [0.2, 0.25) is 0 Å². The van der Waals surface area contributed by atoms with E-state index in [2.05, 4.69) is 5.32 Å². The van der Waals surface area contributed by atoms with E-state index in [1.165, 1.54) is 23.1 Å². The lowest BCUT2D eigenvalue weighted by Crippen LogP contribution is -2.38. The summed E-state index contributed by atoms with van der Waals surface area (Å²) in [5, 5.41) is 2.76. The first-order valence-corrected chi connectivity index (χ1v) is 10.0. The maximum absolute atomic E-state index is 13.6. The van der Waals surface area contributed by atoms with E-state index in [1.807, 2.05) is 6.92 Å². The molecule has 2 aromatic carbocycles. The van der Waals surface area contributed by atoms with Crippen LogP contribution in [0.15, 0.2) is 47.4 Å². The molecule has 0 unspecified atom stereocenters. The summed E-state index contributed by atoms with van der Waals surface area (Å²) in [7, 11) is -1.60. The van der Waals surface area contributed by atoms with E-state index in [-0.39, 0.29) is 29.3 Å². The maximum atomic E-state index is 13.6. The molecule has 2 amide bonds. The summed E-state index contributed by atoms with van der Waals surface area (Å²) in [5.74, 6) is -0.301. The van der Waals surface area contributed by atoms with Crippen molar-refractivity contribution < 1.29 is 17.6 Å². The molecule has 140 valence electrons. The highest BCUT2D eigenvalue weighted by Crippen LogP contribution is 2.21. The van der Waals surface area contributed by atoms with Gasteiger partial charge in [-0.25, -0.2) is 17.6 Å². The Morgan fingerprint density at radius 2 is 1.81 bits per heavy atom. The van der Waals surface area contributed by atoms with Crippen molar-refractivity contribution in [2.45, 2.75) is 31.3 Å². The van der Waals surface area contributed by atoms with Gasteiger partial charge >= 0.3 is 6.03 Å². The first-order chi connectivity index (χ1) is 12.1. The molecule has 0 aliphatic carbocycles. The molecule has 5 nitrogen and oxygen atoms in total. The lowest BCUT2D eigenvalue weighted by Gasteiger charge is -2.25. The number of hydrogen-bond donors (Lipinski definition) is 1. The molecule has 0 bridgehead atoms. The fourth-order valence-electron chi connectivity index (χ4n) is 2.44. The molecule has 0 fully saturated rings. The number of halogens is 1. The van der Waals surface area contributed by atoms with Crippen LogP contribution in [0.1, 0.15) is 29.7 Å². The normalized spacial score (nSPS) is 12.5. The fraction of sp³-hybridized carbons (Fsp3) is 0.316. The molecule has 0 aliphatic heterocycles. The van der Waals surface area contributed by atoms with Gasteiger partial charge in [-0.3, -0.25) is 0 Å². The number of aryl methyl sites for hydroxylation is 1. The molecule has 26 heavy (non-hydrogen) atoms. The van der Waals surface area contributed by atoms with Gasteiger partial charge in [0.25, 0.3) is 0 Å². The van der Waals surface area contributed by atoms with Gasteiger partial charge in [-0.15, -0.1) is 0 Å². The molecule has 0 saturated carbocycles. The third-order valence-corrected chi connectivity index (χ3v) is 5.50. The van der Waals surface area contributed by atoms with Crippen LogP contribution in [0.25, 0.3) is 0 Å². The molecule has 0 aliphatic rings. The number of carbonyl (C=O) groups is 1. The van der Waals surface area contributed by atoms with Crippen molar-refractivity contribution in [3.63, 3.8) is 0 Å². The molecular formula is C19H23FN2O3S. The topological polar surface area (TPSA) is 66.5 Å². The highest BCUT2D eigenvalue weighted by molar-refractivity contribution is 7.90. The number of nitrogens with one attached hydrogen (secondary N) is 1. The number of rotatable bonds is 5. The molecule has 0 heterocycles. The summed E-state index contributed by atoms with van der Waals surface area (Å²) in [4.78, 5) is 14.1.